The number of hydrogen-bond acceptors (Lipinski definition) is 4. The van der Waals surface area contributed by atoms with E-state index in [9.17, 15) is 9.59 Å². The summed E-state index contributed by atoms with van der Waals surface area (Å²) in [6.45, 7) is 7.15. The van der Waals surface area contributed by atoms with Gasteiger partial charge in [0.15, 0.2) is 5.78 Å². The first-order valence-corrected chi connectivity index (χ1v) is 12.9. The highest BCUT2D eigenvalue weighted by Crippen LogP contribution is 2.25. The maximum atomic E-state index is 13.4. The van der Waals surface area contributed by atoms with Crippen molar-refractivity contribution < 1.29 is 14.3 Å². The minimum absolute atomic E-state index is 0.139. The van der Waals surface area contributed by atoms with Crippen LogP contribution in [0.15, 0.2) is 60.7 Å². The Morgan fingerprint density at radius 3 is 2.03 bits per heavy atom. The van der Waals surface area contributed by atoms with Gasteiger partial charge < -0.3 is 4.74 Å². The number of carbonyl (C=O) groups is 2. The topological polar surface area (TPSA) is 46.6 Å². The summed E-state index contributed by atoms with van der Waals surface area (Å²) in [7, 11) is 0. The normalized spacial score (nSPS) is 17.0. The predicted octanol–water partition coefficient (Wildman–Crippen LogP) is 6.02. The third-order valence-electron chi connectivity index (χ3n) is 7.35. The number of Topliss-reactive ketones (excluding diaryl/α,β-unsaturated/α-hetero) is 1. The van der Waals surface area contributed by atoms with E-state index in [1.807, 2.05) is 32.9 Å². The molecule has 0 aromatic heterocycles. The van der Waals surface area contributed by atoms with Crippen molar-refractivity contribution in [3.63, 3.8) is 0 Å². The Hall–Kier alpha value is -2.46. The summed E-state index contributed by atoms with van der Waals surface area (Å²) in [6, 6.07) is 20.4. The van der Waals surface area contributed by atoms with E-state index in [4.69, 9.17) is 4.74 Å². The van der Waals surface area contributed by atoms with Crippen molar-refractivity contribution in [3.8, 4) is 0 Å². The molecule has 2 aromatic carbocycles. The fraction of sp³-hybridized carbons (Fsp3) is 0.533. The molecule has 184 valence electrons. The van der Waals surface area contributed by atoms with Crippen molar-refractivity contribution in [2.24, 2.45) is 5.41 Å². The van der Waals surface area contributed by atoms with Crippen molar-refractivity contribution in [3.05, 3.63) is 71.8 Å². The fourth-order valence-corrected chi connectivity index (χ4v) is 4.49. The van der Waals surface area contributed by atoms with Crippen molar-refractivity contribution >= 4 is 11.8 Å². The van der Waals surface area contributed by atoms with Gasteiger partial charge in [0.25, 0.3) is 0 Å². The van der Waals surface area contributed by atoms with Crippen LogP contribution in [-0.4, -0.2) is 41.9 Å². The van der Waals surface area contributed by atoms with Gasteiger partial charge in [0.2, 0.25) is 0 Å². The SMILES string of the molecule is CCC(C)(C)C(=O)CN1CCCCC1C(=O)OC(CCc1ccccc1)CCc1ccccc1. The smallest absolute Gasteiger partial charge is 0.323 e. The fourth-order valence-electron chi connectivity index (χ4n) is 4.49. The van der Waals surface area contributed by atoms with Gasteiger partial charge in [0.05, 0.1) is 6.54 Å². The van der Waals surface area contributed by atoms with E-state index in [2.05, 4.69) is 53.4 Å². The van der Waals surface area contributed by atoms with Gasteiger partial charge in [0, 0.05) is 5.41 Å². The Labute approximate surface area is 205 Å². The Bertz CT molecular complexity index is 850. The summed E-state index contributed by atoms with van der Waals surface area (Å²) in [5.74, 6) is 0.0485. The Morgan fingerprint density at radius 1 is 0.941 bits per heavy atom. The van der Waals surface area contributed by atoms with Gasteiger partial charge in [-0.3, -0.25) is 14.5 Å². The minimum Gasteiger partial charge on any atom is -0.461 e. The average Bonchev–Trinajstić information content (AvgIpc) is 2.87. The van der Waals surface area contributed by atoms with Gasteiger partial charge in [-0.25, -0.2) is 0 Å². The zero-order valence-corrected chi connectivity index (χ0v) is 21.2. The zero-order chi connectivity index (χ0) is 24.4. The third-order valence-corrected chi connectivity index (χ3v) is 7.35. The van der Waals surface area contributed by atoms with Gasteiger partial charge in [0.1, 0.15) is 12.1 Å². The van der Waals surface area contributed by atoms with E-state index >= 15 is 0 Å². The van der Waals surface area contributed by atoms with Gasteiger partial charge in [-0.05, 0) is 62.6 Å². The monoisotopic (exact) mass is 463 g/mol. The van der Waals surface area contributed by atoms with Crippen LogP contribution in [0.2, 0.25) is 0 Å². The molecule has 3 rings (SSSR count). The van der Waals surface area contributed by atoms with Crippen LogP contribution in [0.1, 0.15) is 70.4 Å². The van der Waals surface area contributed by atoms with Crippen LogP contribution in [0.25, 0.3) is 0 Å². The van der Waals surface area contributed by atoms with Gasteiger partial charge in [-0.15, -0.1) is 0 Å². The van der Waals surface area contributed by atoms with Crippen LogP contribution in [0.4, 0.5) is 0 Å². The number of nitrogens with zero attached hydrogens (tertiary/aromatic N) is 1. The van der Waals surface area contributed by atoms with Crippen LogP contribution in [0.5, 0.6) is 0 Å². The van der Waals surface area contributed by atoms with Gasteiger partial charge in [-0.2, -0.15) is 0 Å². The molecule has 34 heavy (non-hydrogen) atoms. The molecule has 1 heterocycles. The molecule has 1 saturated heterocycles. The quantitative estimate of drug-likeness (QED) is 0.361. The molecule has 0 spiro atoms. The van der Waals surface area contributed by atoms with Gasteiger partial charge >= 0.3 is 5.97 Å². The van der Waals surface area contributed by atoms with Crippen molar-refractivity contribution in [2.45, 2.75) is 84.3 Å². The number of esters is 1. The molecular formula is C30H41NO3. The molecule has 1 fully saturated rings. The number of benzene rings is 2. The number of hydrogen-bond donors (Lipinski definition) is 0. The molecular weight excluding hydrogens is 422 g/mol. The molecule has 0 saturated carbocycles. The lowest BCUT2D eigenvalue weighted by molar-refractivity contribution is -0.158. The molecule has 1 aliphatic heterocycles. The van der Waals surface area contributed by atoms with Gasteiger partial charge in [-0.1, -0.05) is 87.9 Å². The Kier molecular flexibility index (Phi) is 9.88. The van der Waals surface area contributed by atoms with E-state index < -0.39 is 0 Å². The molecule has 4 nitrogen and oxygen atoms in total. The highest BCUT2D eigenvalue weighted by molar-refractivity contribution is 5.86. The van der Waals surface area contributed by atoms with Crippen LogP contribution in [0.3, 0.4) is 0 Å². The molecule has 1 atom stereocenters. The maximum Gasteiger partial charge on any atom is 0.323 e. The Balaban J connectivity index is 1.65. The summed E-state index contributed by atoms with van der Waals surface area (Å²) < 4.78 is 6.17. The molecule has 0 amide bonds. The highest BCUT2D eigenvalue weighted by atomic mass is 16.5. The molecule has 0 aliphatic carbocycles. The Morgan fingerprint density at radius 2 is 1.50 bits per heavy atom. The standard InChI is InChI=1S/C30H41NO3/c1-4-30(2,3)28(32)23-31-22-12-11-17-27(31)29(33)34-26(20-18-24-13-7-5-8-14-24)21-19-25-15-9-6-10-16-25/h5-10,13-16,26-27H,4,11-12,17-23H2,1-3H3. The first-order chi connectivity index (χ1) is 16.4. The number of ether oxygens (including phenoxy) is 1. The van der Waals surface area contributed by atoms with E-state index in [-0.39, 0.29) is 29.3 Å². The van der Waals surface area contributed by atoms with Crippen LogP contribution in [0, 0.1) is 5.41 Å². The van der Waals surface area contributed by atoms with E-state index in [1.54, 1.807) is 0 Å². The number of aryl methyl sites for hydroxylation is 2. The van der Waals surface area contributed by atoms with Crippen molar-refractivity contribution in [1.82, 2.24) is 4.90 Å². The number of piperidine rings is 1. The summed E-state index contributed by atoms with van der Waals surface area (Å²) in [5.41, 5.74) is 2.16. The number of ketones is 1. The molecule has 0 radical (unpaired) electrons. The lowest BCUT2D eigenvalue weighted by Crippen LogP contribution is -2.50. The van der Waals surface area contributed by atoms with E-state index in [1.165, 1.54) is 11.1 Å². The number of rotatable bonds is 12. The van der Waals surface area contributed by atoms with Crippen molar-refractivity contribution in [2.75, 3.05) is 13.1 Å². The molecule has 2 aromatic rings. The second-order valence-electron chi connectivity index (χ2n) is 10.3. The summed E-state index contributed by atoms with van der Waals surface area (Å²) in [5, 5.41) is 0. The number of likely N-dealkylation sites (tertiary alicyclic amines) is 1. The van der Waals surface area contributed by atoms with E-state index in [0.29, 0.717) is 6.54 Å². The zero-order valence-electron chi connectivity index (χ0n) is 21.2. The lowest BCUT2D eigenvalue weighted by Gasteiger charge is -2.36. The first-order valence-electron chi connectivity index (χ1n) is 12.9. The van der Waals surface area contributed by atoms with Crippen LogP contribution < -0.4 is 0 Å². The minimum atomic E-state index is -0.361. The maximum absolute atomic E-state index is 13.4. The third kappa shape index (κ3) is 7.80. The predicted molar refractivity (Wildman–Crippen MR) is 138 cm³/mol. The summed E-state index contributed by atoms with van der Waals surface area (Å²) >= 11 is 0. The molecule has 4 heteroatoms. The largest absolute Gasteiger partial charge is 0.461 e. The molecule has 0 N–H and O–H groups in total. The summed E-state index contributed by atoms with van der Waals surface area (Å²) in [6.07, 6.45) is 6.82. The highest BCUT2D eigenvalue weighted by Gasteiger charge is 2.35. The first kappa shape index (κ1) is 26.2. The van der Waals surface area contributed by atoms with E-state index in [0.717, 1.165) is 57.9 Å². The number of carbonyl (C=O) groups excluding carboxylic acids is 2. The second-order valence-corrected chi connectivity index (χ2v) is 10.3. The molecule has 0 bridgehead atoms. The van der Waals surface area contributed by atoms with Crippen LogP contribution in [-0.2, 0) is 27.2 Å². The molecule has 1 unspecified atom stereocenters. The van der Waals surface area contributed by atoms with Crippen molar-refractivity contribution in [1.29, 1.82) is 0 Å². The second kappa shape index (κ2) is 12.9. The molecule has 1 aliphatic rings. The summed E-state index contributed by atoms with van der Waals surface area (Å²) in [4.78, 5) is 28.3. The van der Waals surface area contributed by atoms with Crippen LogP contribution >= 0.6 is 0 Å². The lowest BCUT2D eigenvalue weighted by atomic mass is 9.84. The average molecular weight is 464 g/mol.